The third-order valence-electron chi connectivity index (χ3n) is 5.34. The summed E-state index contributed by atoms with van der Waals surface area (Å²) in [5.74, 6) is -0.547. The number of carbonyl (C=O) groups excluding carboxylic acids is 1. The first-order valence-electron chi connectivity index (χ1n) is 8.99. The zero-order valence-corrected chi connectivity index (χ0v) is 14.5. The van der Waals surface area contributed by atoms with Crippen molar-refractivity contribution < 1.29 is 9.18 Å². The van der Waals surface area contributed by atoms with Gasteiger partial charge in [-0.3, -0.25) is 9.48 Å². The molecule has 0 radical (unpaired) electrons. The van der Waals surface area contributed by atoms with Crippen molar-refractivity contribution in [1.29, 1.82) is 0 Å². The fourth-order valence-corrected chi connectivity index (χ4v) is 3.96. The number of carbonyl (C=O) groups is 1. The molecule has 5 nitrogen and oxygen atoms in total. The van der Waals surface area contributed by atoms with E-state index >= 15 is 0 Å². The Labute approximate surface area is 146 Å². The summed E-state index contributed by atoms with van der Waals surface area (Å²) in [4.78, 5) is 14.6. The molecule has 1 aromatic heterocycles. The van der Waals surface area contributed by atoms with Crippen LogP contribution in [-0.2, 0) is 13.5 Å². The van der Waals surface area contributed by atoms with Crippen molar-refractivity contribution in [2.45, 2.75) is 38.1 Å². The maximum atomic E-state index is 14.4. The molecule has 1 N–H and O–H groups in total. The Hall–Kier alpha value is -2.37. The molecule has 1 aliphatic carbocycles. The lowest BCUT2D eigenvalue weighted by atomic mass is 9.92. The molecule has 1 fully saturated rings. The van der Waals surface area contributed by atoms with Crippen LogP contribution in [0.25, 0.3) is 0 Å². The van der Waals surface area contributed by atoms with Gasteiger partial charge in [-0.1, -0.05) is 0 Å². The quantitative estimate of drug-likeness (QED) is 0.933. The molecule has 1 saturated heterocycles. The third-order valence-corrected chi connectivity index (χ3v) is 5.34. The number of amides is 1. The Balaban J connectivity index is 1.51. The lowest BCUT2D eigenvalue weighted by molar-refractivity contribution is 0.0932. The van der Waals surface area contributed by atoms with E-state index in [1.165, 1.54) is 11.8 Å². The van der Waals surface area contributed by atoms with E-state index in [1.807, 2.05) is 22.8 Å². The average Bonchev–Trinajstić information content (AvgIpc) is 3.26. The number of aryl methyl sites for hydroxylation is 1. The molecule has 4 rings (SSSR count). The van der Waals surface area contributed by atoms with Crippen LogP contribution in [0.2, 0.25) is 0 Å². The van der Waals surface area contributed by atoms with Crippen LogP contribution in [0.3, 0.4) is 0 Å². The molecule has 2 aromatic rings. The highest BCUT2D eigenvalue weighted by molar-refractivity contribution is 5.95. The molecule has 1 amide bonds. The predicted octanol–water partition coefficient (Wildman–Crippen LogP) is 2.97. The zero-order chi connectivity index (χ0) is 17.4. The van der Waals surface area contributed by atoms with Crippen LogP contribution in [0.5, 0.6) is 0 Å². The van der Waals surface area contributed by atoms with E-state index in [4.69, 9.17) is 0 Å². The van der Waals surface area contributed by atoms with Gasteiger partial charge in [-0.25, -0.2) is 4.39 Å². The van der Waals surface area contributed by atoms with Crippen molar-refractivity contribution in [1.82, 2.24) is 15.1 Å². The van der Waals surface area contributed by atoms with Gasteiger partial charge in [0.2, 0.25) is 0 Å². The second-order valence-electron chi connectivity index (χ2n) is 6.95. The molecule has 1 aromatic carbocycles. The minimum atomic E-state index is -0.319. The molecular formula is C19H23FN4O. The number of fused-ring (bicyclic) bond motifs is 1. The number of nitrogens with zero attached hydrogens (tertiary/aromatic N) is 3. The molecule has 1 aliphatic heterocycles. The highest BCUT2D eigenvalue weighted by Crippen LogP contribution is 2.30. The molecule has 0 spiro atoms. The van der Waals surface area contributed by atoms with E-state index < -0.39 is 0 Å². The van der Waals surface area contributed by atoms with E-state index in [1.54, 1.807) is 12.1 Å². The minimum Gasteiger partial charge on any atom is -0.369 e. The van der Waals surface area contributed by atoms with Crippen molar-refractivity contribution in [3.63, 3.8) is 0 Å². The standard InChI is InChI=1S/C19H23FN4O/c1-23-17-6-4-5-16(14(17)12-21-23)22-19(25)13-7-8-18(15(20)11-13)24-9-2-3-10-24/h7-8,11-12,16H,2-6,9-10H2,1H3,(H,22,25). The highest BCUT2D eigenvalue weighted by atomic mass is 19.1. The van der Waals surface area contributed by atoms with Crippen molar-refractivity contribution in [2.24, 2.45) is 7.05 Å². The van der Waals surface area contributed by atoms with Crippen molar-refractivity contribution >= 4 is 11.6 Å². The van der Waals surface area contributed by atoms with Crippen molar-refractivity contribution in [3.8, 4) is 0 Å². The Morgan fingerprint density at radius 1 is 1.28 bits per heavy atom. The summed E-state index contributed by atoms with van der Waals surface area (Å²) >= 11 is 0. The molecular weight excluding hydrogens is 319 g/mol. The topological polar surface area (TPSA) is 50.2 Å². The Bertz CT molecular complexity index is 795. The Morgan fingerprint density at radius 3 is 2.84 bits per heavy atom. The zero-order valence-electron chi connectivity index (χ0n) is 14.5. The second kappa shape index (κ2) is 6.50. The first-order valence-corrected chi connectivity index (χ1v) is 8.99. The fourth-order valence-electron chi connectivity index (χ4n) is 3.96. The molecule has 2 heterocycles. The smallest absolute Gasteiger partial charge is 0.251 e. The van der Waals surface area contributed by atoms with Crippen LogP contribution in [0.1, 0.15) is 53.3 Å². The van der Waals surface area contributed by atoms with Crippen LogP contribution in [0, 0.1) is 5.82 Å². The SMILES string of the molecule is Cn1ncc2c1CCCC2NC(=O)c1ccc(N2CCCC2)c(F)c1. The molecule has 1 atom stereocenters. The molecule has 25 heavy (non-hydrogen) atoms. The van der Waals surface area contributed by atoms with Crippen molar-refractivity contribution in [3.05, 3.63) is 47.0 Å². The summed E-state index contributed by atoms with van der Waals surface area (Å²) < 4.78 is 16.3. The molecule has 2 aliphatic rings. The Morgan fingerprint density at radius 2 is 2.08 bits per heavy atom. The van der Waals surface area contributed by atoms with Gasteiger partial charge in [0.1, 0.15) is 5.82 Å². The number of anilines is 1. The number of nitrogens with one attached hydrogen (secondary N) is 1. The van der Waals surface area contributed by atoms with Gasteiger partial charge in [-0.2, -0.15) is 5.10 Å². The lowest BCUT2D eigenvalue weighted by Gasteiger charge is -2.24. The maximum Gasteiger partial charge on any atom is 0.251 e. The third kappa shape index (κ3) is 3.01. The van der Waals surface area contributed by atoms with Gasteiger partial charge in [0, 0.05) is 37.0 Å². The fraction of sp³-hybridized carbons (Fsp3) is 0.474. The largest absolute Gasteiger partial charge is 0.369 e. The predicted molar refractivity (Wildman–Crippen MR) is 94.2 cm³/mol. The van der Waals surface area contributed by atoms with Gasteiger partial charge >= 0.3 is 0 Å². The second-order valence-corrected chi connectivity index (χ2v) is 6.95. The number of benzene rings is 1. The van der Waals surface area contributed by atoms with Crippen LogP contribution in [0.15, 0.2) is 24.4 Å². The summed E-state index contributed by atoms with van der Waals surface area (Å²) in [6.07, 6.45) is 6.90. The number of rotatable bonds is 3. The summed E-state index contributed by atoms with van der Waals surface area (Å²) in [7, 11) is 1.93. The van der Waals surface area contributed by atoms with E-state index in [0.717, 1.165) is 50.8 Å². The monoisotopic (exact) mass is 342 g/mol. The number of hydrogen-bond acceptors (Lipinski definition) is 3. The molecule has 0 bridgehead atoms. The van der Waals surface area contributed by atoms with Crippen LogP contribution in [-0.4, -0.2) is 28.8 Å². The van der Waals surface area contributed by atoms with E-state index in [0.29, 0.717) is 11.3 Å². The normalized spacial score (nSPS) is 19.8. The van der Waals surface area contributed by atoms with Crippen LogP contribution in [0.4, 0.5) is 10.1 Å². The first kappa shape index (κ1) is 16.1. The number of halogens is 1. The van der Waals surface area contributed by atoms with Gasteiger partial charge < -0.3 is 10.2 Å². The van der Waals surface area contributed by atoms with Crippen molar-refractivity contribution in [2.75, 3.05) is 18.0 Å². The first-order chi connectivity index (χ1) is 12.1. The van der Waals surface area contributed by atoms with Crippen LogP contribution < -0.4 is 10.2 Å². The van der Waals surface area contributed by atoms with Gasteiger partial charge in [-0.05, 0) is 50.3 Å². The molecule has 6 heteroatoms. The van der Waals surface area contributed by atoms with E-state index in [-0.39, 0.29) is 17.8 Å². The van der Waals surface area contributed by atoms with E-state index in [9.17, 15) is 9.18 Å². The number of aromatic nitrogens is 2. The summed E-state index contributed by atoms with van der Waals surface area (Å²) in [5, 5.41) is 7.35. The summed E-state index contributed by atoms with van der Waals surface area (Å²) in [6, 6.07) is 4.76. The highest BCUT2D eigenvalue weighted by Gasteiger charge is 2.25. The van der Waals surface area contributed by atoms with Gasteiger partial charge in [-0.15, -0.1) is 0 Å². The number of hydrogen-bond donors (Lipinski definition) is 1. The van der Waals surface area contributed by atoms with Gasteiger partial charge in [0.15, 0.2) is 0 Å². The average molecular weight is 342 g/mol. The summed E-state index contributed by atoms with van der Waals surface area (Å²) in [5.41, 5.74) is 3.22. The van der Waals surface area contributed by atoms with Gasteiger partial charge in [0.05, 0.1) is 17.9 Å². The lowest BCUT2D eigenvalue weighted by Crippen LogP contribution is -2.31. The maximum absolute atomic E-state index is 14.4. The van der Waals surface area contributed by atoms with E-state index in [2.05, 4.69) is 10.4 Å². The molecule has 132 valence electrons. The minimum absolute atomic E-state index is 0.0498. The molecule has 1 unspecified atom stereocenters. The Kier molecular flexibility index (Phi) is 4.19. The summed E-state index contributed by atoms with van der Waals surface area (Å²) in [6.45, 7) is 1.77. The van der Waals surface area contributed by atoms with Crippen LogP contribution >= 0.6 is 0 Å². The molecule has 0 saturated carbocycles. The van der Waals surface area contributed by atoms with Gasteiger partial charge in [0.25, 0.3) is 5.91 Å².